The van der Waals surface area contributed by atoms with Gasteiger partial charge in [-0.1, -0.05) is 25.7 Å². The average molecular weight is 293 g/mol. The molecule has 0 bridgehead atoms. The van der Waals surface area contributed by atoms with Gasteiger partial charge in [0.25, 0.3) is 0 Å². The van der Waals surface area contributed by atoms with Gasteiger partial charge in [0.05, 0.1) is 0 Å². The van der Waals surface area contributed by atoms with Crippen LogP contribution in [0, 0.1) is 11.7 Å². The van der Waals surface area contributed by atoms with Crippen molar-refractivity contribution >= 4 is 11.8 Å². The quantitative estimate of drug-likeness (QED) is 0.794. The normalized spacial score (nSPS) is 24.1. The molecule has 1 saturated carbocycles. The van der Waals surface area contributed by atoms with Crippen LogP contribution in [0.4, 0.5) is 4.39 Å². The summed E-state index contributed by atoms with van der Waals surface area (Å²) in [6.07, 6.45) is 9.44. The number of hydrogen-bond acceptors (Lipinski definition) is 2. The third kappa shape index (κ3) is 3.56. The molecule has 1 N–H and O–H groups in total. The topological polar surface area (TPSA) is 12.0 Å². The van der Waals surface area contributed by atoms with Crippen LogP contribution in [0.2, 0.25) is 0 Å². The summed E-state index contributed by atoms with van der Waals surface area (Å²) >= 11 is 1.86. The molecule has 1 unspecified atom stereocenters. The number of rotatable bonds is 3. The standard InChI is InChI=1S/C17H24FNS/c18-14-7-8-17-15(11-14)16(9-10-20-17)19-12-13-5-3-1-2-4-6-13/h7-8,11,13,16,19H,1-6,9-10,12H2. The highest BCUT2D eigenvalue weighted by molar-refractivity contribution is 7.99. The summed E-state index contributed by atoms with van der Waals surface area (Å²) in [6, 6.07) is 5.60. The molecule has 0 saturated heterocycles. The Balaban J connectivity index is 1.62. The first kappa shape index (κ1) is 14.4. The molecule has 0 amide bonds. The van der Waals surface area contributed by atoms with E-state index in [-0.39, 0.29) is 5.82 Å². The second-order valence-corrected chi connectivity index (χ2v) is 7.27. The second kappa shape index (κ2) is 6.95. The Hall–Kier alpha value is -0.540. The van der Waals surface area contributed by atoms with E-state index in [4.69, 9.17) is 0 Å². The molecular weight excluding hydrogens is 269 g/mol. The van der Waals surface area contributed by atoms with Crippen LogP contribution in [0.1, 0.15) is 56.6 Å². The third-order valence-corrected chi connectivity index (χ3v) is 5.76. The van der Waals surface area contributed by atoms with Crippen LogP contribution in [0.25, 0.3) is 0 Å². The fourth-order valence-electron chi connectivity index (χ4n) is 3.45. The van der Waals surface area contributed by atoms with Crippen molar-refractivity contribution in [1.82, 2.24) is 5.32 Å². The number of nitrogens with one attached hydrogen (secondary N) is 1. The molecular formula is C17H24FNS. The fraction of sp³-hybridized carbons (Fsp3) is 0.647. The molecule has 1 aromatic rings. The lowest BCUT2D eigenvalue weighted by molar-refractivity contribution is 0.386. The molecule has 1 aliphatic heterocycles. The summed E-state index contributed by atoms with van der Waals surface area (Å²) < 4.78 is 13.5. The molecule has 1 aliphatic carbocycles. The highest BCUT2D eigenvalue weighted by Crippen LogP contribution is 2.36. The third-order valence-electron chi connectivity index (χ3n) is 4.64. The van der Waals surface area contributed by atoms with Gasteiger partial charge in [-0.05, 0) is 61.2 Å². The minimum atomic E-state index is -0.104. The lowest BCUT2D eigenvalue weighted by atomic mass is 9.98. The van der Waals surface area contributed by atoms with Gasteiger partial charge in [-0.15, -0.1) is 11.8 Å². The Labute approximate surface area is 125 Å². The maximum absolute atomic E-state index is 13.5. The van der Waals surface area contributed by atoms with E-state index in [2.05, 4.69) is 5.32 Å². The van der Waals surface area contributed by atoms with Crippen molar-refractivity contribution in [3.05, 3.63) is 29.6 Å². The monoisotopic (exact) mass is 293 g/mol. The molecule has 2 aliphatic rings. The van der Waals surface area contributed by atoms with Crippen LogP contribution < -0.4 is 5.32 Å². The van der Waals surface area contributed by atoms with Crippen molar-refractivity contribution < 1.29 is 4.39 Å². The molecule has 1 nitrogen and oxygen atoms in total. The second-order valence-electron chi connectivity index (χ2n) is 6.14. The lowest BCUT2D eigenvalue weighted by Crippen LogP contribution is -2.29. The van der Waals surface area contributed by atoms with E-state index in [0.29, 0.717) is 6.04 Å². The van der Waals surface area contributed by atoms with Crippen molar-refractivity contribution in [1.29, 1.82) is 0 Å². The SMILES string of the molecule is Fc1ccc2c(c1)C(NCC1CCCCCC1)CCS2. The van der Waals surface area contributed by atoms with Gasteiger partial charge in [-0.25, -0.2) is 4.39 Å². The average Bonchev–Trinajstić information content (AvgIpc) is 2.74. The highest BCUT2D eigenvalue weighted by Gasteiger charge is 2.22. The van der Waals surface area contributed by atoms with Crippen molar-refractivity contribution in [3.8, 4) is 0 Å². The summed E-state index contributed by atoms with van der Waals surface area (Å²) in [7, 11) is 0. The highest BCUT2D eigenvalue weighted by atomic mass is 32.2. The number of hydrogen-bond donors (Lipinski definition) is 1. The van der Waals surface area contributed by atoms with Gasteiger partial charge >= 0.3 is 0 Å². The van der Waals surface area contributed by atoms with Gasteiger partial charge in [0, 0.05) is 10.9 Å². The molecule has 1 heterocycles. The zero-order valence-corrected chi connectivity index (χ0v) is 12.9. The molecule has 0 radical (unpaired) electrons. The summed E-state index contributed by atoms with van der Waals surface area (Å²) in [6.45, 7) is 1.10. The largest absolute Gasteiger partial charge is 0.310 e. The van der Waals surface area contributed by atoms with Gasteiger partial charge in [0.15, 0.2) is 0 Å². The molecule has 1 atom stereocenters. The van der Waals surface area contributed by atoms with E-state index in [1.165, 1.54) is 49.0 Å². The van der Waals surface area contributed by atoms with Crippen LogP contribution in [0.15, 0.2) is 23.1 Å². The summed E-state index contributed by atoms with van der Waals surface area (Å²) in [5.74, 6) is 1.86. The number of thioether (sulfide) groups is 1. The fourth-order valence-corrected chi connectivity index (χ4v) is 4.56. The number of benzene rings is 1. The Bertz CT molecular complexity index is 441. The van der Waals surface area contributed by atoms with E-state index in [9.17, 15) is 4.39 Å². The zero-order valence-electron chi connectivity index (χ0n) is 12.0. The maximum Gasteiger partial charge on any atom is 0.123 e. The Morgan fingerprint density at radius 1 is 1.10 bits per heavy atom. The zero-order chi connectivity index (χ0) is 13.8. The van der Waals surface area contributed by atoms with Gasteiger partial charge in [-0.3, -0.25) is 0 Å². The van der Waals surface area contributed by atoms with Crippen molar-refractivity contribution in [3.63, 3.8) is 0 Å². The molecule has 20 heavy (non-hydrogen) atoms. The van der Waals surface area contributed by atoms with Gasteiger partial charge in [-0.2, -0.15) is 0 Å². The number of fused-ring (bicyclic) bond motifs is 1. The van der Waals surface area contributed by atoms with E-state index < -0.39 is 0 Å². The van der Waals surface area contributed by atoms with Gasteiger partial charge in [0.2, 0.25) is 0 Å². The Kier molecular flexibility index (Phi) is 5.00. The summed E-state index contributed by atoms with van der Waals surface area (Å²) in [5, 5.41) is 3.72. The minimum Gasteiger partial charge on any atom is -0.310 e. The van der Waals surface area contributed by atoms with Crippen molar-refractivity contribution in [2.75, 3.05) is 12.3 Å². The lowest BCUT2D eigenvalue weighted by Gasteiger charge is -2.28. The predicted molar refractivity (Wildman–Crippen MR) is 83.7 cm³/mol. The molecule has 1 aromatic carbocycles. The van der Waals surface area contributed by atoms with Crippen LogP contribution >= 0.6 is 11.8 Å². The first-order chi connectivity index (χ1) is 9.83. The van der Waals surface area contributed by atoms with Crippen LogP contribution in [-0.2, 0) is 0 Å². The minimum absolute atomic E-state index is 0.104. The van der Waals surface area contributed by atoms with E-state index >= 15 is 0 Å². The first-order valence-corrected chi connectivity index (χ1v) is 8.97. The maximum atomic E-state index is 13.5. The van der Waals surface area contributed by atoms with Crippen molar-refractivity contribution in [2.24, 2.45) is 5.92 Å². The Morgan fingerprint density at radius 3 is 2.70 bits per heavy atom. The first-order valence-electron chi connectivity index (χ1n) is 7.98. The summed E-state index contributed by atoms with van der Waals surface area (Å²) in [5.41, 5.74) is 1.18. The van der Waals surface area contributed by atoms with Crippen LogP contribution in [0.3, 0.4) is 0 Å². The van der Waals surface area contributed by atoms with Gasteiger partial charge in [0.1, 0.15) is 5.82 Å². The number of halogens is 1. The smallest absolute Gasteiger partial charge is 0.123 e. The van der Waals surface area contributed by atoms with Crippen LogP contribution in [-0.4, -0.2) is 12.3 Å². The van der Waals surface area contributed by atoms with E-state index in [1.54, 1.807) is 12.1 Å². The van der Waals surface area contributed by atoms with Crippen LogP contribution in [0.5, 0.6) is 0 Å². The van der Waals surface area contributed by atoms with E-state index in [0.717, 1.165) is 24.6 Å². The molecule has 0 spiro atoms. The molecule has 0 aromatic heterocycles. The molecule has 3 heteroatoms. The molecule has 3 rings (SSSR count). The summed E-state index contributed by atoms with van der Waals surface area (Å²) in [4.78, 5) is 1.26. The molecule has 110 valence electrons. The Morgan fingerprint density at radius 2 is 1.90 bits per heavy atom. The van der Waals surface area contributed by atoms with Crippen molar-refractivity contribution in [2.45, 2.75) is 55.9 Å². The van der Waals surface area contributed by atoms with E-state index in [1.807, 2.05) is 17.8 Å². The predicted octanol–water partition coefficient (Wildman–Crippen LogP) is 4.92. The van der Waals surface area contributed by atoms with Gasteiger partial charge < -0.3 is 5.32 Å². The molecule has 1 fully saturated rings.